The van der Waals surface area contributed by atoms with Gasteiger partial charge in [-0.3, -0.25) is 9.79 Å². The fourth-order valence-corrected chi connectivity index (χ4v) is 2.82. The molecule has 0 aliphatic carbocycles. The zero-order valence-corrected chi connectivity index (χ0v) is 17.5. The molecule has 142 valence electrons. The Labute approximate surface area is 167 Å². The maximum absolute atomic E-state index is 11.9. The molecule has 1 aliphatic rings. The zero-order chi connectivity index (χ0) is 17.2. The smallest absolute Gasteiger partial charge is 0.309 e. The molecule has 1 aromatic rings. The highest BCUT2D eigenvalue weighted by molar-refractivity contribution is 14.0. The second-order valence-electron chi connectivity index (χ2n) is 5.97. The number of nitrogens with zero attached hydrogens (tertiary/aromatic N) is 2. The number of furan rings is 1. The van der Waals surface area contributed by atoms with Gasteiger partial charge in [0.05, 0.1) is 18.8 Å². The van der Waals surface area contributed by atoms with E-state index in [0.29, 0.717) is 6.61 Å². The topological polar surface area (TPSA) is 67.1 Å². The Morgan fingerprint density at radius 3 is 2.76 bits per heavy atom. The molecule has 1 fully saturated rings. The van der Waals surface area contributed by atoms with E-state index in [4.69, 9.17) is 9.15 Å². The van der Waals surface area contributed by atoms with Crippen molar-refractivity contribution in [3.05, 3.63) is 24.2 Å². The lowest BCUT2D eigenvalue weighted by molar-refractivity contribution is -0.149. The molecule has 7 heteroatoms. The number of esters is 1. The fraction of sp³-hybridized carbons (Fsp3) is 0.667. The lowest BCUT2D eigenvalue weighted by Gasteiger charge is -2.33. The Hall–Kier alpha value is -1.25. The minimum absolute atomic E-state index is 0. The van der Waals surface area contributed by atoms with E-state index in [1.807, 2.05) is 19.1 Å². The maximum atomic E-state index is 11.9. The Morgan fingerprint density at radius 1 is 1.40 bits per heavy atom. The third-order valence-electron chi connectivity index (χ3n) is 4.13. The fourth-order valence-electron chi connectivity index (χ4n) is 2.82. The van der Waals surface area contributed by atoms with Crippen LogP contribution in [-0.2, 0) is 16.0 Å². The molecule has 0 aromatic carbocycles. The van der Waals surface area contributed by atoms with Crippen molar-refractivity contribution in [3.63, 3.8) is 0 Å². The number of ether oxygens (including phenoxy) is 1. The standard InChI is InChI=1S/C18H29N3O3.HI/c1-3-10-19-18(20-11-7-16-6-5-14-24-16)21-12-8-15(9-13-21)17(22)23-4-2;/h5-6,14-15H,3-4,7-13H2,1-2H3,(H,19,20);1H. The molecule has 1 aliphatic heterocycles. The first-order chi connectivity index (χ1) is 11.7. The predicted octanol–water partition coefficient (Wildman–Crippen LogP) is 3.07. The summed E-state index contributed by atoms with van der Waals surface area (Å²) < 4.78 is 10.5. The minimum atomic E-state index is -0.0602. The monoisotopic (exact) mass is 463 g/mol. The van der Waals surface area contributed by atoms with Crippen LogP contribution in [0.25, 0.3) is 0 Å². The van der Waals surface area contributed by atoms with Crippen LogP contribution in [0.4, 0.5) is 0 Å². The van der Waals surface area contributed by atoms with E-state index < -0.39 is 0 Å². The van der Waals surface area contributed by atoms with E-state index in [1.54, 1.807) is 6.26 Å². The minimum Gasteiger partial charge on any atom is -0.469 e. The molecule has 0 bridgehead atoms. The molecule has 2 heterocycles. The SMILES string of the molecule is CCCN=C(NCCc1ccco1)N1CCC(C(=O)OCC)CC1.I. The number of piperidine rings is 1. The van der Waals surface area contributed by atoms with E-state index in [1.165, 1.54) is 0 Å². The number of carbonyl (C=O) groups is 1. The van der Waals surface area contributed by atoms with Crippen LogP contribution in [0.3, 0.4) is 0 Å². The van der Waals surface area contributed by atoms with Gasteiger partial charge in [0.1, 0.15) is 5.76 Å². The molecule has 0 atom stereocenters. The first kappa shape index (κ1) is 21.8. The van der Waals surface area contributed by atoms with E-state index in [9.17, 15) is 4.79 Å². The second-order valence-corrected chi connectivity index (χ2v) is 5.97. The van der Waals surface area contributed by atoms with Crippen LogP contribution in [0.1, 0.15) is 38.9 Å². The molecule has 1 aromatic heterocycles. The van der Waals surface area contributed by atoms with Crippen LogP contribution in [0.15, 0.2) is 27.8 Å². The highest BCUT2D eigenvalue weighted by Crippen LogP contribution is 2.18. The first-order valence-electron chi connectivity index (χ1n) is 8.96. The second kappa shape index (κ2) is 12.2. The normalized spacial score (nSPS) is 15.6. The van der Waals surface area contributed by atoms with Gasteiger partial charge in [-0.2, -0.15) is 0 Å². The van der Waals surface area contributed by atoms with Crippen LogP contribution >= 0.6 is 24.0 Å². The number of rotatable bonds is 7. The van der Waals surface area contributed by atoms with Gasteiger partial charge in [-0.25, -0.2) is 0 Å². The summed E-state index contributed by atoms with van der Waals surface area (Å²) in [6, 6.07) is 3.89. The van der Waals surface area contributed by atoms with Crippen LogP contribution in [0.2, 0.25) is 0 Å². The zero-order valence-electron chi connectivity index (χ0n) is 15.2. The molecule has 0 saturated carbocycles. The van der Waals surface area contributed by atoms with Gasteiger partial charge in [0, 0.05) is 32.6 Å². The number of halogens is 1. The van der Waals surface area contributed by atoms with Gasteiger partial charge in [0.15, 0.2) is 5.96 Å². The number of hydrogen-bond acceptors (Lipinski definition) is 4. The Balaban J connectivity index is 0.00000312. The Morgan fingerprint density at radius 2 is 2.16 bits per heavy atom. The molecular formula is C18H30IN3O3. The molecule has 25 heavy (non-hydrogen) atoms. The van der Waals surface area contributed by atoms with Gasteiger partial charge in [0.2, 0.25) is 0 Å². The van der Waals surface area contributed by atoms with Crippen molar-refractivity contribution in [2.45, 2.75) is 39.5 Å². The van der Waals surface area contributed by atoms with E-state index in [-0.39, 0.29) is 35.9 Å². The van der Waals surface area contributed by atoms with E-state index in [0.717, 1.165) is 63.6 Å². The number of carbonyl (C=O) groups excluding carboxylic acids is 1. The predicted molar refractivity (Wildman–Crippen MR) is 109 cm³/mol. The van der Waals surface area contributed by atoms with Crippen molar-refractivity contribution in [2.75, 3.05) is 32.8 Å². The van der Waals surface area contributed by atoms with Crippen LogP contribution in [0.5, 0.6) is 0 Å². The first-order valence-corrected chi connectivity index (χ1v) is 8.96. The van der Waals surface area contributed by atoms with Crippen molar-refractivity contribution in [1.82, 2.24) is 10.2 Å². The summed E-state index contributed by atoms with van der Waals surface area (Å²) in [5.74, 6) is 1.87. The number of nitrogens with one attached hydrogen (secondary N) is 1. The van der Waals surface area contributed by atoms with Gasteiger partial charge in [-0.05, 0) is 38.3 Å². The van der Waals surface area contributed by atoms with Crippen LogP contribution < -0.4 is 5.32 Å². The summed E-state index contributed by atoms with van der Waals surface area (Å²) in [4.78, 5) is 18.8. The molecule has 2 rings (SSSR count). The largest absolute Gasteiger partial charge is 0.469 e. The average molecular weight is 463 g/mol. The highest BCUT2D eigenvalue weighted by atomic mass is 127. The molecular weight excluding hydrogens is 433 g/mol. The van der Waals surface area contributed by atoms with E-state index in [2.05, 4.69) is 22.1 Å². The highest BCUT2D eigenvalue weighted by Gasteiger charge is 2.27. The van der Waals surface area contributed by atoms with Crippen molar-refractivity contribution in [3.8, 4) is 0 Å². The van der Waals surface area contributed by atoms with Gasteiger partial charge in [0.25, 0.3) is 0 Å². The summed E-state index contributed by atoms with van der Waals surface area (Å²) in [5, 5.41) is 3.43. The lowest BCUT2D eigenvalue weighted by atomic mass is 9.97. The molecule has 0 unspecified atom stereocenters. The van der Waals surface area contributed by atoms with Crippen molar-refractivity contribution in [2.24, 2.45) is 10.9 Å². The third kappa shape index (κ3) is 7.25. The molecule has 1 saturated heterocycles. The Bertz CT molecular complexity index is 512. The van der Waals surface area contributed by atoms with Crippen molar-refractivity contribution >= 4 is 35.9 Å². The van der Waals surface area contributed by atoms with Gasteiger partial charge in [-0.1, -0.05) is 6.92 Å². The number of hydrogen-bond donors (Lipinski definition) is 1. The summed E-state index contributed by atoms with van der Waals surface area (Å²) >= 11 is 0. The molecule has 0 amide bonds. The van der Waals surface area contributed by atoms with E-state index >= 15 is 0 Å². The average Bonchev–Trinajstić information content (AvgIpc) is 3.12. The summed E-state index contributed by atoms with van der Waals surface area (Å²) in [6.45, 7) is 7.69. The molecule has 6 nitrogen and oxygen atoms in total. The quantitative estimate of drug-likeness (QED) is 0.292. The molecule has 0 radical (unpaired) electrons. The summed E-state index contributed by atoms with van der Waals surface area (Å²) in [6.07, 6.45) is 5.19. The van der Waals surface area contributed by atoms with Crippen LogP contribution in [0, 0.1) is 5.92 Å². The third-order valence-corrected chi connectivity index (χ3v) is 4.13. The molecule has 0 spiro atoms. The van der Waals surface area contributed by atoms with Gasteiger partial charge in [-0.15, -0.1) is 24.0 Å². The number of aliphatic imine (C=N–C) groups is 1. The number of likely N-dealkylation sites (tertiary alicyclic amines) is 1. The maximum Gasteiger partial charge on any atom is 0.309 e. The van der Waals surface area contributed by atoms with Crippen molar-refractivity contribution in [1.29, 1.82) is 0 Å². The van der Waals surface area contributed by atoms with Gasteiger partial charge < -0.3 is 19.4 Å². The summed E-state index contributed by atoms with van der Waals surface area (Å²) in [5.41, 5.74) is 0. The van der Waals surface area contributed by atoms with Crippen molar-refractivity contribution < 1.29 is 13.9 Å². The van der Waals surface area contributed by atoms with Gasteiger partial charge >= 0.3 is 5.97 Å². The lowest BCUT2D eigenvalue weighted by Crippen LogP contribution is -2.47. The molecule has 1 N–H and O–H groups in total. The Kier molecular flexibility index (Phi) is 10.6. The van der Waals surface area contributed by atoms with Crippen LogP contribution in [-0.4, -0.2) is 49.6 Å². The summed E-state index contributed by atoms with van der Waals surface area (Å²) in [7, 11) is 0. The number of guanidine groups is 1.